The normalized spacial score (nSPS) is 15.2. The first-order chi connectivity index (χ1) is 10.0. The number of benzene rings is 2. The van der Waals surface area contributed by atoms with Gasteiger partial charge in [0.1, 0.15) is 22.7 Å². The highest BCUT2D eigenvalue weighted by molar-refractivity contribution is 5.81. The molecule has 2 heterocycles. The van der Waals surface area contributed by atoms with Gasteiger partial charge in [-0.1, -0.05) is 23.8 Å². The van der Waals surface area contributed by atoms with Gasteiger partial charge in [0.25, 0.3) is 0 Å². The van der Waals surface area contributed by atoms with Gasteiger partial charge in [-0.05, 0) is 45.0 Å². The molecule has 0 saturated carbocycles. The SMILES string of the molecule is Cc1ccc2c(c1)-c1nc3ccccc3nc1C(C)(C)O2. The fourth-order valence-electron chi connectivity index (χ4n) is 2.85. The minimum Gasteiger partial charge on any atom is -0.481 e. The molecule has 0 radical (unpaired) electrons. The van der Waals surface area contributed by atoms with Crippen LogP contribution >= 0.6 is 0 Å². The predicted molar refractivity (Wildman–Crippen MR) is 83.4 cm³/mol. The molecule has 0 N–H and O–H groups in total. The van der Waals surface area contributed by atoms with Crippen LogP contribution in [0, 0.1) is 6.92 Å². The number of aryl methyl sites for hydroxylation is 1. The summed E-state index contributed by atoms with van der Waals surface area (Å²) < 4.78 is 6.15. The molecule has 0 unspecified atom stereocenters. The van der Waals surface area contributed by atoms with Crippen LogP contribution in [0.25, 0.3) is 22.3 Å². The second-order valence-corrected chi connectivity index (χ2v) is 6.02. The molecule has 0 aliphatic carbocycles. The van der Waals surface area contributed by atoms with E-state index in [1.807, 2.05) is 44.2 Å². The lowest BCUT2D eigenvalue weighted by atomic mass is 9.93. The average Bonchev–Trinajstić information content (AvgIpc) is 2.47. The quantitative estimate of drug-likeness (QED) is 0.616. The molecule has 3 heteroatoms. The average molecular weight is 276 g/mol. The molecule has 2 aromatic carbocycles. The number of ether oxygens (including phenoxy) is 1. The summed E-state index contributed by atoms with van der Waals surface area (Å²) in [5.74, 6) is 0.877. The van der Waals surface area contributed by atoms with E-state index in [0.717, 1.165) is 33.7 Å². The van der Waals surface area contributed by atoms with Gasteiger partial charge in [-0.2, -0.15) is 0 Å². The standard InChI is InChI=1S/C18H16N2O/c1-11-8-9-15-12(10-11)16-17(18(2,3)21-15)20-14-7-5-4-6-13(14)19-16/h4-10H,1-3H3. The van der Waals surface area contributed by atoms with Crippen molar-refractivity contribution in [1.82, 2.24) is 9.97 Å². The molecule has 0 amide bonds. The fourth-order valence-corrected chi connectivity index (χ4v) is 2.85. The van der Waals surface area contributed by atoms with Crippen molar-refractivity contribution in [2.24, 2.45) is 0 Å². The summed E-state index contributed by atoms with van der Waals surface area (Å²) >= 11 is 0. The highest BCUT2D eigenvalue weighted by atomic mass is 16.5. The monoisotopic (exact) mass is 276 g/mol. The van der Waals surface area contributed by atoms with Crippen LogP contribution in [0.2, 0.25) is 0 Å². The number of aromatic nitrogens is 2. The minimum absolute atomic E-state index is 0.478. The van der Waals surface area contributed by atoms with Crippen molar-refractivity contribution < 1.29 is 4.74 Å². The molecular formula is C18H16N2O. The Morgan fingerprint density at radius 3 is 2.43 bits per heavy atom. The first-order valence-electron chi connectivity index (χ1n) is 7.12. The van der Waals surface area contributed by atoms with Gasteiger partial charge < -0.3 is 4.74 Å². The van der Waals surface area contributed by atoms with E-state index in [0.29, 0.717) is 0 Å². The van der Waals surface area contributed by atoms with Gasteiger partial charge in [0, 0.05) is 5.56 Å². The minimum atomic E-state index is -0.478. The topological polar surface area (TPSA) is 35.0 Å². The Morgan fingerprint density at radius 1 is 0.952 bits per heavy atom. The van der Waals surface area contributed by atoms with E-state index in [2.05, 4.69) is 19.1 Å². The molecule has 0 atom stereocenters. The van der Waals surface area contributed by atoms with E-state index in [4.69, 9.17) is 14.7 Å². The Labute approximate surface area is 123 Å². The lowest BCUT2D eigenvalue weighted by Gasteiger charge is -2.33. The van der Waals surface area contributed by atoms with Crippen molar-refractivity contribution >= 4 is 11.0 Å². The first kappa shape index (κ1) is 12.3. The lowest BCUT2D eigenvalue weighted by molar-refractivity contribution is 0.100. The molecule has 0 bridgehead atoms. The zero-order valence-corrected chi connectivity index (χ0v) is 12.3. The number of hydrogen-bond acceptors (Lipinski definition) is 3. The van der Waals surface area contributed by atoms with Gasteiger partial charge >= 0.3 is 0 Å². The molecule has 3 nitrogen and oxygen atoms in total. The highest BCUT2D eigenvalue weighted by Crippen LogP contribution is 2.43. The molecule has 3 aromatic rings. The van der Waals surface area contributed by atoms with Crippen LogP contribution in [-0.4, -0.2) is 9.97 Å². The maximum absolute atomic E-state index is 6.15. The van der Waals surface area contributed by atoms with Crippen LogP contribution in [0.3, 0.4) is 0 Å². The summed E-state index contributed by atoms with van der Waals surface area (Å²) in [5, 5.41) is 0. The van der Waals surface area contributed by atoms with E-state index in [1.54, 1.807) is 0 Å². The zero-order chi connectivity index (χ0) is 14.6. The van der Waals surface area contributed by atoms with Gasteiger partial charge in [0.05, 0.1) is 11.0 Å². The molecule has 21 heavy (non-hydrogen) atoms. The third-order valence-electron chi connectivity index (χ3n) is 3.90. The third kappa shape index (κ3) is 1.81. The van der Waals surface area contributed by atoms with Gasteiger partial charge in [0.2, 0.25) is 0 Å². The third-order valence-corrected chi connectivity index (χ3v) is 3.90. The van der Waals surface area contributed by atoms with Crippen molar-refractivity contribution in [3.8, 4) is 17.0 Å². The molecule has 1 aliphatic rings. The van der Waals surface area contributed by atoms with Crippen LogP contribution in [0.15, 0.2) is 42.5 Å². The molecule has 1 aliphatic heterocycles. The van der Waals surface area contributed by atoms with E-state index >= 15 is 0 Å². The van der Waals surface area contributed by atoms with Crippen molar-refractivity contribution in [3.63, 3.8) is 0 Å². The second kappa shape index (κ2) is 4.04. The first-order valence-corrected chi connectivity index (χ1v) is 7.12. The maximum atomic E-state index is 6.15. The highest BCUT2D eigenvalue weighted by Gasteiger charge is 2.35. The molecule has 104 valence electrons. The Morgan fingerprint density at radius 2 is 1.67 bits per heavy atom. The molecule has 4 rings (SSSR count). The van der Waals surface area contributed by atoms with Gasteiger partial charge in [-0.25, -0.2) is 9.97 Å². The fraction of sp³-hybridized carbons (Fsp3) is 0.222. The molecule has 0 fully saturated rings. The molecule has 0 saturated heterocycles. The van der Waals surface area contributed by atoms with E-state index in [-0.39, 0.29) is 0 Å². The Kier molecular flexibility index (Phi) is 2.37. The molecule has 0 spiro atoms. The van der Waals surface area contributed by atoms with Crippen LogP contribution in [0.1, 0.15) is 25.1 Å². The summed E-state index contributed by atoms with van der Waals surface area (Å²) in [4.78, 5) is 9.66. The number of fused-ring (bicyclic) bond motifs is 4. The summed E-state index contributed by atoms with van der Waals surface area (Å²) in [6.45, 7) is 6.16. The van der Waals surface area contributed by atoms with Crippen LogP contribution < -0.4 is 4.74 Å². The van der Waals surface area contributed by atoms with Crippen molar-refractivity contribution in [3.05, 3.63) is 53.7 Å². The number of para-hydroxylation sites is 2. The summed E-state index contributed by atoms with van der Waals surface area (Å²) in [5.41, 5.74) is 5.41. The van der Waals surface area contributed by atoms with Crippen LogP contribution in [0.5, 0.6) is 5.75 Å². The van der Waals surface area contributed by atoms with Gasteiger partial charge in [-0.3, -0.25) is 0 Å². The number of hydrogen-bond donors (Lipinski definition) is 0. The predicted octanol–water partition coefficient (Wildman–Crippen LogP) is 4.23. The van der Waals surface area contributed by atoms with Gasteiger partial charge in [-0.15, -0.1) is 0 Å². The Bertz CT molecular complexity index is 868. The summed E-state index contributed by atoms with van der Waals surface area (Å²) in [6, 6.07) is 14.2. The lowest BCUT2D eigenvalue weighted by Crippen LogP contribution is -2.31. The number of nitrogens with zero attached hydrogens (tertiary/aromatic N) is 2. The van der Waals surface area contributed by atoms with E-state index in [9.17, 15) is 0 Å². The van der Waals surface area contributed by atoms with Gasteiger partial charge in [0.15, 0.2) is 0 Å². The maximum Gasteiger partial charge on any atom is 0.147 e. The van der Waals surface area contributed by atoms with E-state index in [1.165, 1.54) is 5.56 Å². The van der Waals surface area contributed by atoms with Crippen molar-refractivity contribution in [2.45, 2.75) is 26.4 Å². The molecular weight excluding hydrogens is 260 g/mol. The largest absolute Gasteiger partial charge is 0.481 e. The van der Waals surface area contributed by atoms with Crippen molar-refractivity contribution in [1.29, 1.82) is 0 Å². The molecule has 1 aromatic heterocycles. The second-order valence-electron chi connectivity index (χ2n) is 6.02. The zero-order valence-electron chi connectivity index (χ0n) is 12.3. The Hall–Kier alpha value is -2.42. The van der Waals surface area contributed by atoms with Crippen LogP contribution in [-0.2, 0) is 5.60 Å². The van der Waals surface area contributed by atoms with E-state index < -0.39 is 5.60 Å². The summed E-state index contributed by atoms with van der Waals surface area (Å²) in [6.07, 6.45) is 0. The number of rotatable bonds is 0. The van der Waals surface area contributed by atoms with Crippen molar-refractivity contribution in [2.75, 3.05) is 0 Å². The smallest absolute Gasteiger partial charge is 0.147 e. The van der Waals surface area contributed by atoms with Crippen LogP contribution in [0.4, 0.5) is 0 Å². The Balaban J connectivity index is 2.10. The summed E-state index contributed by atoms with van der Waals surface area (Å²) in [7, 11) is 0.